The molecular weight excluding hydrogens is 450 g/mol. The summed E-state index contributed by atoms with van der Waals surface area (Å²) in [7, 11) is 0. The van der Waals surface area contributed by atoms with Gasteiger partial charge in [-0.2, -0.15) is 5.10 Å². The van der Waals surface area contributed by atoms with Crippen LogP contribution in [-0.2, 0) is 13.0 Å². The number of aromatic nitrogens is 2. The Balaban J connectivity index is 1.60. The van der Waals surface area contributed by atoms with E-state index >= 15 is 0 Å². The van der Waals surface area contributed by atoms with Crippen molar-refractivity contribution in [3.63, 3.8) is 0 Å². The maximum atomic E-state index is 10.8. The summed E-state index contributed by atoms with van der Waals surface area (Å²) in [4.78, 5) is 2.24. The van der Waals surface area contributed by atoms with Crippen molar-refractivity contribution in [3.8, 4) is 23.1 Å². The minimum atomic E-state index is -0.639. The van der Waals surface area contributed by atoms with Crippen molar-refractivity contribution in [1.29, 1.82) is 0 Å². The fourth-order valence-corrected chi connectivity index (χ4v) is 4.06. The zero-order valence-corrected chi connectivity index (χ0v) is 21.2. The van der Waals surface area contributed by atoms with Gasteiger partial charge in [0.15, 0.2) is 0 Å². The molecule has 188 valence electrons. The molecule has 6 nitrogen and oxygen atoms in total. The molecule has 0 aliphatic carbocycles. The second-order valence-electron chi connectivity index (χ2n) is 9.05. The lowest BCUT2D eigenvalue weighted by molar-refractivity contribution is 0.0539. The van der Waals surface area contributed by atoms with Crippen molar-refractivity contribution in [3.05, 3.63) is 102 Å². The first kappa shape index (κ1) is 25.5. The van der Waals surface area contributed by atoms with Crippen molar-refractivity contribution in [1.82, 2.24) is 14.7 Å². The molecule has 0 fully saturated rings. The van der Waals surface area contributed by atoms with Crippen LogP contribution in [0, 0.1) is 0 Å². The molecule has 4 rings (SSSR count). The number of nitrogens with zero attached hydrogens (tertiary/aromatic N) is 3. The monoisotopic (exact) mass is 485 g/mol. The van der Waals surface area contributed by atoms with Gasteiger partial charge in [0.25, 0.3) is 0 Å². The standard InChI is InChI=1S/C30H35N3O3/c1-4-29-28(21-32(23(2)3)20-25(34)22-35-26-16-10-6-11-17-26)30(36-27-18-12-7-13-19-27)33(31-29)24-14-8-5-9-15-24/h5-19,23,25,34H,4,20-22H2,1-3H3/t25-/m0/s1. The van der Waals surface area contributed by atoms with Crippen LogP contribution in [0.1, 0.15) is 32.0 Å². The topological polar surface area (TPSA) is 59.8 Å². The molecule has 0 unspecified atom stereocenters. The van der Waals surface area contributed by atoms with Crippen LogP contribution in [0.5, 0.6) is 17.4 Å². The lowest BCUT2D eigenvalue weighted by Crippen LogP contribution is -2.39. The van der Waals surface area contributed by atoms with Gasteiger partial charge < -0.3 is 14.6 Å². The maximum Gasteiger partial charge on any atom is 0.227 e. The summed E-state index contributed by atoms with van der Waals surface area (Å²) in [6.07, 6.45) is 0.131. The van der Waals surface area contributed by atoms with E-state index in [0.29, 0.717) is 19.0 Å². The molecule has 0 amide bonds. The maximum absolute atomic E-state index is 10.8. The number of para-hydroxylation sites is 3. The molecule has 6 heteroatoms. The van der Waals surface area contributed by atoms with Crippen molar-refractivity contribution < 1.29 is 14.6 Å². The van der Waals surface area contributed by atoms with Gasteiger partial charge in [-0.15, -0.1) is 0 Å². The van der Waals surface area contributed by atoms with E-state index in [1.165, 1.54) is 0 Å². The molecule has 0 aliphatic heterocycles. The molecule has 0 saturated heterocycles. The molecule has 0 aliphatic rings. The number of ether oxygens (including phenoxy) is 2. The van der Waals surface area contributed by atoms with Crippen LogP contribution in [0.3, 0.4) is 0 Å². The largest absolute Gasteiger partial charge is 0.491 e. The fraction of sp³-hybridized carbons (Fsp3) is 0.300. The highest BCUT2D eigenvalue weighted by Crippen LogP contribution is 2.32. The summed E-state index contributed by atoms with van der Waals surface area (Å²) >= 11 is 0. The Morgan fingerprint density at radius 3 is 2.03 bits per heavy atom. The van der Waals surface area contributed by atoms with Crippen molar-refractivity contribution >= 4 is 0 Å². The van der Waals surface area contributed by atoms with Gasteiger partial charge in [0.2, 0.25) is 5.88 Å². The molecule has 1 atom stereocenters. The van der Waals surface area contributed by atoms with Gasteiger partial charge in [-0.3, -0.25) is 4.90 Å². The normalized spacial score (nSPS) is 12.2. The zero-order valence-electron chi connectivity index (χ0n) is 21.2. The van der Waals surface area contributed by atoms with Gasteiger partial charge in [-0.25, -0.2) is 4.68 Å². The molecule has 36 heavy (non-hydrogen) atoms. The van der Waals surface area contributed by atoms with Crippen LogP contribution in [0.2, 0.25) is 0 Å². The fourth-order valence-electron chi connectivity index (χ4n) is 4.06. The number of aliphatic hydroxyl groups excluding tert-OH is 1. The molecule has 1 N–H and O–H groups in total. The smallest absolute Gasteiger partial charge is 0.227 e. The highest BCUT2D eigenvalue weighted by Gasteiger charge is 2.25. The van der Waals surface area contributed by atoms with E-state index in [9.17, 15) is 5.11 Å². The number of hydrogen-bond donors (Lipinski definition) is 1. The van der Waals surface area contributed by atoms with E-state index in [1.54, 1.807) is 0 Å². The summed E-state index contributed by atoms with van der Waals surface area (Å²) < 4.78 is 14.1. The predicted octanol–water partition coefficient (Wildman–Crippen LogP) is 5.88. The highest BCUT2D eigenvalue weighted by atomic mass is 16.5. The van der Waals surface area contributed by atoms with Gasteiger partial charge in [0, 0.05) is 19.1 Å². The van der Waals surface area contributed by atoms with E-state index < -0.39 is 6.10 Å². The minimum Gasteiger partial charge on any atom is -0.491 e. The Kier molecular flexibility index (Phi) is 8.76. The third-order valence-corrected chi connectivity index (χ3v) is 6.04. The first-order valence-corrected chi connectivity index (χ1v) is 12.5. The summed E-state index contributed by atoms with van der Waals surface area (Å²) in [6, 6.07) is 29.6. The molecule has 3 aromatic carbocycles. The Hall–Kier alpha value is -3.61. The van der Waals surface area contributed by atoms with Crippen LogP contribution in [0.25, 0.3) is 5.69 Å². The first-order chi connectivity index (χ1) is 17.5. The third-order valence-electron chi connectivity index (χ3n) is 6.04. The van der Waals surface area contributed by atoms with Gasteiger partial charge in [-0.05, 0) is 56.7 Å². The van der Waals surface area contributed by atoms with Gasteiger partial charge in [-0.1, -0.05) is 61.5 Å². The van der Waals surface area contributed by atoms with Gasteiger partial charge >= 0.3 is 0 Å². The molecule has 0 saturated carbocycles. The molecule has 0 radical (unpaired) electrons. The Labute approximate surface area is 213 Å². The second kappa shape index (κ2) is 12.4. The molecule has 1 aromatic heterocycles. The van der Waals surface area contributed by atoms with E-state index in [2.05, 4.69) is 25.7 Å². The summed E-state index contributed by atoms with van der Waals surface area (Å²) in [5, 5.41) is 15.7. The van der Waals surface area contributed by atoms with E-state index in [0.717, 1.165) is 34.9 Å². The number of aryl methyl sites for hydroxylation is 1. The van der Waals surface area contributed by atoms with Crippen molar-refractivity contribution in [2.75, 3.05) is 13.2 Å². The molecule has 4 aromatic rings. The summed E-state index contributed by atoms with van der Waals surface area (Å²) in [6.45, 7) is 7.67. The number of rotatable bonds is 12. The zero-order chi connectivity index (χ0) is 25.3. The van der Waals surface area contributed by atoms with Crippen LogP contribution in [0.15, 0.2) is 91.0 Å². The van der Waals surface area contributed by atoms with Crippen molar-refractivity contribution in [2.24, 2.45) is 0 Å². The predicted molar refractivity (Wildman–Crippen MR) is 143 cm³/mol. The molecule has 1 heterocycles. The number of aliphatic hydroxyl groups is 1. The Morgan fingerprint density at radius 2 is 1.44 bits per heavy atom. The Bertz CT molecular complexity index is 1190. The lowest BCUT2D eigenvalue weighted by atomic mass is 10.1. The minimum absolute atomic E-state index is 0.200. The SMILES string of the molecule is CCc1nn(-c2ccccc2)c(Oc2ccccc2)c1CN(C[C@H](O)COc1ccccc1)C(C)C. The molecule has 0 bridgehead atoms. The van der Waals surface area contributed by atoms with E-state index in [4.69, 9.17) is 14.6 Å². The first-order valence-electron chi connectivity index (χ1n) is 12.5. The van der Waals surface area contributed by atoms with Crippen LogP contribution in [-0.4, -0.2) is 45.1 Å². The average Bonchev–Trinajstić information content (AvgIpc) is 3.25. The molecular formula is C30H35N3O3. The summed E-state index contributed by atoms with van der Waals surface area (Å²) in [5.74, 6) is 2.21. The van der Waals surface area contributed by atoms with Crippen LogP contribution < -0.4 is 9.47 Å². The van der Waals surface area contributed by atoms with Gasteiger partial charge in [0.1, 0.15) is 24.2 Å². The van der Waals surface area contributed by atoms with Gasteiger partial charge in [0.05, 0.1) is 16.9 Å². The summed E-state index contributed by atoms with van der Waals surface area (Å²) in [5.41, 5.74) is 2.94. The molecule has 0 spiro atoms. The van der Waals surface area contributed by atoms with Crippen molar-refractivity contribution in [2.45, 2.75) is 45.9 Å². The lowest BCUT2D eigenvalue weighted by Gasteiger charge is -2.29. The van der Waals surface area contributed by atoms with E-state index in [-0.39, 0.29) is 12.6 Å². The van der Waals surface area contributed by atoms with Crippen LogP contribution >= 0.6 is 0 Å². The quantitative estimate of drug-likeness (QED) is 0.272. The number of benzene rings is 3. The second-order valence-corrected chi connectivity index (χ2v) is 9.05. The third kappa shape index (κ3) is 6.53. The van der Waals surface area contributed by atoms with E-state index in [1.807, 2.05) is 95.7 Å². The average molecular weight is 486 g/mol. The van der Waals surface area contributed by atoms with Crippen LogP contribution in [0.4, 0.5) is 0 Å². The number of hydrogen-bond acceptors (Lipinski definition) is 5. The Morgan fingerprint density at radius 1 is 0.861 bits per heavy atom. The highest BCUT2D eigenvalue weighted by molar-refractivity contribution is 5.43.